The highest BCUT2D eigenvalue weighted by Crippen LogP contribution is 2.52. The number of thioether (sulfide) groups is 1. The van der Waals surface area contributed by atoms with Crippen LogP contribution in [0.5, 0.6) is 0 Å². The molecule has 1 aromatic carbocycles. The summed E-state index contributed by atoms with van der Waals surface area (Å²) >= 11 is 2.87. The SMILES string of the molecule is C[C@@H](O)[C@H]1C(=O)N2C(C(=O)OCc3ccc([N+](=O)[O-])cc3)=C(SC3CN(c4nc(C(=O)N(C)CCO)cs4)C3)[C@H](C)[C@H]12. The number of β-lactam (4-membered cyclic amide) rings is 1. The molecule has 0 spiro atoms. The van der Waals surface area contributed by atoms with Crippen LogP contribution in [0.1, 0.15) is 29.9 Å². The van der Waals surface area contributed by atoms with Gasteiger partial charge in [-0.3, -0.25) is 19.7 Å². The van der Waals surface area contributed by atoms with Gasteiger partial charge in [0, 0.05) is 60.3 Å². The first-order valence-electron chi connectivity index (χ1n) is 13.4. The number of carbonyl (C=O) groups excluding carboxylic acids is 3. The maximum Gasteiger partial charge on any atom is 0.356 e. The Kier molecular flexibility index (Phi) is 8.55. The molecule has 0 bridgehead atoms. The summed E-state index contributed by atoms with van der Waals surface area (Å²) in [4.78, 5) is 59.4. The first-order valence-corrected chi connectivity index (χ1v) is 15.2. The molecule has 4 heterocycles. The summed E-state index contributed by atoms with van der Waals surface area (Å²) in [5, 5.41) is 32.7. The number of hydrogen-bond acceptors (Lipinski definition) is 12. The zero-order chi connectivity index (χ0) is 30.3. The van der Waals surface area contributed by atoms with E-state index in [0.29, 0.717) is 29.5 Å². The fourth-order valence-corrected chi connectivity index (χ4v) is 7.74. The Hall–Kier alpha value is -3.53. The largest absolute Gasteiger partial charge is 0.456 e. The number of carbonyl (C=O) groups is 3. The van der Waals surface area contributed by atoms with Crippen LogP contribution in [0.4, 0.5) is 10.8 Å². The summed E-state index contributed by atoms with van der Waals surface area (Å²) in [6.07, 6.45) is -0.861. The summed E-state index contributed by atoms with van der Waals surface area (Å²) in [6, 6.07) is 5.35. The van der Waals surface area contributed by atoms with Crippen molar-refractivity contribution in [3.8, 4) is 0 Å². The number of nitro benzene ring substituents is 1. The summed E-state index contributed by atoms with van der Waals surface area (Å²) in [5.74, 6) is -2.03. The molecule has 2 saturated heterocycles. The van der Waals surface area contributed by atoms with E-state index < -0.39 is 22.9 Å². The monoisotopic (exact) mass is 617 g/mol. The molecule has 3 aliphatic heterocycles. The van der Waals surface area contributed by atoms with Crippen LogP contribution in [-0.4, -0.2) is 98.4 Å². The smallest absolute Gasteiger partial charge is 0.356 e. The van der Waals surface area contributed by atoms with Crippen LogP contribution >= 0.6 is 23.1 Å². The van der Waals surface area contributed by atoms with E-state index in [-0.39, 0.29) is 60.2 Å². The number of anilines is 1. The number of nitrogens with zero attached hydrogens (tertiary/aromatic N) is 5. The second-order valence-electron chi connectivity index (χ2n) is 10.6. The molecule has 0 aliphatic carbocycles. The highest BCUT2D eigenvalue weighted by Gasteiger charge is 2.60. The Bertz CT molecular complexity index is 1420. The molecule has 42 heavy (non-hydrogen) atoms. The average molecular weight is 618 g/mol. The second kappa shape index (κ2) is 12.0. The topological polar surface area (TPSA) is 167 Å². The van der Waals surface area contributed by atoms with E-state index in [2.05, 4.69) is 4.98 Å². The second-order valence-corrected chi connectivity index (χ2v) is 12.8. The van der Waals surface area contributed by atoms with Gasteiger partial charge in [-0.05, 0) is 24.6 Å². The van der Waals surface area contributed by atoms with Crippen LogP contribution in [0.15, 0.2) is 40.2 Å². The van der Waals surface area contributed by atoms with Gasteiger partial charge in [-0.1, -0.05) is 6.92 Å². The van der Waals surface area contributed by atoms with Gasteiger partial charge in [0.05, 0.1) is 29.6 Å². The minimum atomic E-state index is -0.861. The van der Waals surface area contributed by atoms with E-state index in [9.17, 15) is 29.6 Å². The molecule has 13 nitrogen and oxygen atoms in total. The van der Waals surface area contributed by atoms with Gasteiger partial charge in [0.25, 0.3) is 11.6 Å². The van der Waals surface area contributed by atoms with Crippen molar-refractivity contribution in [3.63, 3.8) is 0 Å². The van der Waals surface area contributed by atoms with Gasteiger partial charge in [0.15, 0.2) is 5.13 Å². The van der Waals surface area contributed by atoms with Gasteiger partial charge in [0.1, 0.15) is 18.0 Å². The van der Waals surface area contributed by atoms with Crippen LogP contribution in [0.25, 0.3) is 0 Å². The van der Waals surface area contributed by atoms with Crippen molar-refractivity contribution in [1.29, 1.82) is 0 Å². The summed E-state index contributed by atoms with van der Waals surface area (Å²) in [5.41, 5.74) is 1.01. The predicted molar refractivity (Wildman–Crippen MR) is 155 cm³/mol. The van der Waals surface area contributed by atoms with Gasteiger partial charge < -0.3 is 29.6 Å². The highest BCUT2D eigenvalue weighted by molar-refractivity contribution is 8.03. The van der Waals surface area contributed by atoms with Gasteiger partial charge >= 0.3 is 5.97 Å². The molecule has 1 aromatic heterocycles. The molecule has 3 aliphatic rings. The summed E-state index contributed by atoms with van der Waals surface area (Å²) < 4.78 is 5.57. The highest BCUT2D eigenvalue weighted by atomic mass is 32.2. The quantitative estimate of drug-likeness (QED) is 0.163. The number of non-ortho nitro benzene ring substituents is 1. The van der Waals surface area contributed by atoms with Crippen molar-refractivity contribution in [2.75, 3.05) is 38.2 Å². The Balaban J connectivity index is 1.28. The number of aromatic nitrogens is 1. The number of aliphatic hydroxyl groups is 2. The fraction of sp³-hybridized carbons (Fsp3) is 0.481. The number of ether oxygens (including phenoxy) is 1. The van der Waals surface area contributed by atoms with Crippen LogP contribution < -0.4 is 4.90 Å². The van der Waals surface area contributed by atoms with Crippen LogP contribution in [0.2, 0.25) is 0 Å². The number of benzene rings is 1. The van der Waals surface area contributed by atoms with Crippen LogP contribution in [0.3, 0.4) is 0 Å². The molecular weight excluding hydrogens is 586 g/mol. The van der Waals surface area contributed by atoms with Gasteiger partial charge in [-0.15, -0.1) is 23.1 Å². The lowest BCUT2D eigenvalue weighted by atomic mass is 9.79. The van der Waals surface area contributed by atoms with Gasteiger partial charge in [-0.25, -0.2) is 9.78 Å². The van der Waals surface area contributed by atoms with Crippen LogP contribution in [-0.2, 0) is 20.9 Å². The van der Waals surface area contributed by atoms with E-state index >= 15 is 0 Å². The number of rotatable bonds is 11. The van der Waals surface area contributed by atoms with Crippen molar-refractivity contribution < 1.29 is 34.3 Å². The Morgan fingerprint density at radius 1 is 1.31 bits per heavy atom. The standard InChI is InChI=1S/C27H31N5O8S2/c1-14-21-20(15(2)34)25(36)31(21)22(26(37)40-12-16-4-6-17(7-5-16)32(38)39)23(14)42-18-10-30(11-18)27-28-19(13-41-27)24(35)29(3)8-9-33/h4-7,13-15,18,20-21,33-34H,8-12H2,1-3H3/t14-,15-,20-,21-/m1/s1. The normalized spacial score (nSPS) is 22.4. The Labute approximate surface area is 249 Å². The Morgan fingerprint density at radius 3 is 2.62 bits per heavy atom. The lowest BCUT2D eigenvalue weighted by Gasteiger charge is -2.46. The molecule has 2 aromatic rings. The van der Waals surface area contributed by atoms with Gasteiger partial charge in [-0.2, -0.15) is 0 Å². The van der Waals surface area contributed by atoms with Crippen molar-refractivity contribution in [3.05, 3.63) is 61.6 Å². The number of hydrogen-bond donors (Lipinski definition) is 2. The minimum absolute atomic E-state index is 0.0709. The van der Waals surface area contributed by atoms with Crippen LogP contribution in [0, 0.1) is 22.0 Å². The number of thiazole rings is 1. The molecular formula is C27H31N5O8S2. The zero-order valence-corrected chi connectivity index (χ0v) is 24.8. The molecule has 5 rings (SSSR count). The predicted octanol–water partition coefficient (Wildman–Crippen LogP) is 1.85. The Morgan fingerprint density at radius 2 is 2.00 bits per heavy atom. The summed E-state index contributed by atoms with van der Waals surface area (Å²) in [7, 11) is 1.61. The van der Waals surface area contributed by atoms with Crippen molar-refractivity contribution >= 4 is 51.7 Å². The molecule has 2 amide bonds. The van der Waals surface area contributed by atoms with E-state index in [1.807, 2.05) is 11.8 Å². The van der Waals surface area contributed by atoms with Gasteiger partial charge in [0.2, 0.25) is 5.91 Å². The number of amides is 2. The first kappa shape index (κ1) is 29.9. The van der Waals surface area contributed by atoms with Crippen molar-refractivity contribution in [2.45, 2.75) is 37.9 Å². The van der Waals surface area contributed by atoms with Crippen molar-refractivity contribution in [2.24, 2.45) is 11.8 Å². The molecule has 0 unspecified atom stereocenters. The molecule has 2 N–H and O–H groups in total. The van der Waals surface area contributed by atoms with E-state index in [4.69, 9.17) is 9.84 Å². The molecule has 0 radical (unpaired) electrons. The summed E-state index contributed by atoms with van der Waals surface area (Å²) in [6.45, 7) is 4.73. The molecule has 4 atom stereocenters. The lowest BCUT2D eigenvalue weighted by Crippen LogP contribution is -2.63. The number of fused-ring (bicyclic) bond motifs is 1. The lowest BCUT2D eigenvalue weighted by molar-refractivity contribution is -0.384. The number of nitro groups is 1. The number of likely N-dealkylation sites (N-methyl/N-ethyl adjacent to an activating group) is 1. The molecule has 15 heteroatoms. The number of esters is 1. The first-order chi connectivity index (χ1) is 20.0. The molecule has 0 saturated carbocycles. The maximum absolute atomic E-state index is 13.4. The zero-order valence-electron chi connectivity index (χ0n) is 23.2. The fourth-order valence-electron chi connectivity index (χ4n) is 5.40. The van der Waals surface area contributed by atoms with Crippen molar-refractivity contribution in [1.82, 2.24) is 14.8 Å². The van der Waals surface area contributed by atoms with E-state index in [0.717, 1.165) is 4.91 Å². The van der Waals surface area contributed by atoms with E-state index in [1.54, 1.807) is 19.4 Å². The third-order valence-corrected chi connectivity index (χ3v) is 10.1. The third kappa shape index (κ3) is 5.48. The molecule has 224 valence electrons. The van der Waals surface area contributed by atoms with E-state index in [1.165, 1.54) is 57.2 Å². The third-order valence-electron chi connectivity index (χ3n) is 7.72. The minimum Gasteiger partial charge on any atom is -0.456 e. The molecule has 2 fully saturated rings. The number of aliphatic hydroxyl groups excluding tert-OH is 2. The average Bonchev–Trinajstić information content (AvgIpc) is 3.50. The maximum atomic E-state index is 13.4.